The highest BCUT2D eigenvalue weighted by molar-refractivity contribution is 6.09. The lowest BCUT2D eigenvalue weighted by molar-refractivity contribution is 0.0956. The van der Waals surface area contributed by atoms with Crippen molar-refractivity contribution in [2.24, 2.45) is 5.10 Å². The van der Waals surface area contributed by atoms with Crippen LogP contribution in [0.4, 0.5) is 10.1 Å². The van der Waals surface area contributed by atoms with Gasteiger partial charge in [0, 0.05) is 5.56 Å². The van der Waals surface area contributed by atoms with Gasteiger partial charge in [-0.3, -0.25) is 9.59 Å². The first-order valence-electron chi connectivity index (χ1n) is 9.64. The number of aryl methyl sites for hydroxylation is 1. The van der Waals surface area contributed by atoms with Crippen molar-refractivity contribution in [1.29, 1.82) is 0 Å². The minimum Gasteiger partial charge on any atom is -0.493 e. The Kier molecular flexibility index (Phi) is 7.17. The van der Waals surface area contributed by atoms with Gasteiger partial charge in [0.15, 0.2) is 11.5 Å². The van der Waals surface area contributed by atoms with Crippen LogP contribution in [0.5, 0.6) is 11.5 Å². The molecule has 0 fully saturated rings. The molecular weight excluding hydrogens is 413 g/mol. The fourth-order valence-corrected chi connectivity index (χ4v) is 2.90. The molecule has 0 aliphatic carbocycles. The predicted octanol–water partition coefficient (Wildman–Crippen LogP) is 4.17. The summed E-state index contributed by atoms with van der Waals surface area (Å²) < 4.78 is 23.4. The maximum atomic E-state index is 13.0. The van der Waals surface area contributed by atoms with Crippen molar-refractivity contribution < 1.29 is 23.5 Å². The van der Waals surface area contributed by atoms with Gasteiger partial charge in [0.25, 0.3) is 11.8 Å². The molecular formula is C24H22FN3O4. The summed E-state index contributed by atoms with van der Waals surface area (Å²) in [4.78, 5) is 25.5. The molecule has 3 aromatic carbocycles. The van der Waals surface area contributed by atoms with Crippen LogP contribution in [0.15, 0.2) is 65.8 Å². The van der Waals surface area contributed by atoms with Crippen molar-refractivity contribution in [3.05, 3.63) is 88.7 Å². The zero-order valence-electron chi connectivity index (χ0n) is 17.8. The molecule has 3 rings (SSSR count). The number of nitrogens with one attached hydrogen (secondary N) is 2. The zero-order chi connectivity index (χ0) is 23.1. The minimum absolute atomic E-state index is 0.245. The van der Waals surface area contributed by atoms with E-state index in [0.29, 0.717) is 28.3 Å². The molecule has 2 N–H and O–H groups in total. The Hall–Kier alpha value is -4.20. The number of carbonyl (C=O) groups excluding carboxylic acids is 2. The molecule has 0 saturated carbocycles. The normalized spacial score (nSPS) is 10.6. The van der Waals surface area contributed by atoms with Crippen molar-refractivity contribution in [1.82, 2.24) is 5.43 Å². The number of ether oxygens (including phenoxy) is 2. The molecule has 164 valence electrons. The summed E-state index contributed by atoms with van der Waals surface area (Å²) in [5, 5.41) is 6.66. The predicted molar refractivity (Wildman–Crippen MR) is 120 cm³/mol. The number of benzene rings is 3. The highest BCUT2D eigenvalue weighted by atomic mass is 19.1. The lowest BCUT2D eigenvalue weighted by Crippen LogP contribution is -2.21. The molecule has 0 spiro atoms. The van der Waals surface area contributed by atoms with Crippen LogP contribution < -0.4 is 20.2 Å². The summed E-state index contributed by atoms with van der Waals surface area (Å²) >= 11 is 0. The van der Waals surface area contributed by atoms with Crippen LogP contribution in [-0.4, -0.2) is 32.2 Å². The Morgan fingerprint density at radius 2 is 1.62 bits per heavy atom. The molecule has 0 aliphatic rings. The zero-order valence-corrected chi connectivity index (χ0v) is 17.8. The number of hydrazone groups is 1. The monoisotopic (exact) mass is 435 g/mol. The van der Waals surface area contributed by atoms with Gasteiger partial charge >= 0.3 is 0 Å². The van der Waals surface area contributed by atoms with Crippen molar-refractivity contribution in [2.75, 3.05) is 19.5 Å². The Labute approximate surface area is 184 Å². The van der Waals surface area contributed by atoms with E-state index < -0.39 is 11.8 Å². The van der Waals surface area contributed by atoms with Gasteiger partial charge in [0.1, 0.15) is 5.82 Å². The third-order valence-corrected chi connectivity index (χ3v) is 4.56. The van der Waals surface area contributed by atoms with Gasteiger partial charge in [0.2, 0.25) is 0 Å². The van der Waals surface area contributed by atoms with Crippen LogP contribution in [0, 0.1) is 12.7 Å². The van der Waals surface area contributed by atoms with E-state index >= 15 is 0 Å². The smallest absolute Gasteiger partial charge is 0.273 e. The maximum absolute atomic E-state index is 13.0. The van der Waals surface area contributed by atoms with Gasteiger partial charge in [0.05, 0.1) is 31.7 Å². The summed E-state index contributed by atoms with van der Waals surface area (Å²) in [6.07, 6.45) is 1.40. The number of rotatable bonds is 7. The van der Waals surface area contributed by atoms with Crippen molar-refractivity contribution >= 4 is 23.7 Å². The molecule has 7 nitrogen and oxygen atoms in total. The molecule has 0 aromatic heterocycles. The van der Waals surface area contributed by atoms with Crippen LogP contribution in [-0.2, 0) is 0 Å². The van der Waals surface area contributed by atoms with Crippen LogP contribution in [0.1, 0.15) is 31.8 Å². The number of carbonyl (C=O) groups is 2. The second kappa shape index (κ2) is 10.2. The summed E-state index contributed by atoms with van der Waals surface area (Å²) in [7, 11) is 2.99. The number of anilines is 1. The number of hydrogen-bond acceptors (Lipinski definition) is 5. The summed E-state index contributed by atoms with van der Waals surface area (Å²) in [6, 6.07) is 15.5. The molecule has 3 aromatic rings. The average molecular weight is 435 g/mol. The van der Waals surface area contributed by atoms with E-state index in [2.05, 4.69) is 15.8 Å². The van der Waals surface area contributed by atoms with E-state index in [9.17, 15) is 14.0 Å². The summed E-state index contributed by atoms with van der Waals surface area (Å²) in [6.45, 7) is 1.83. The van der Waals surface area contributed by atoms with E-state index in [1.54, 1.807) is 36.4 Å². The van der Waals surface area contributed by atoms with Gasteiger partial charge < -0.3 is 14.8 Å². The highest BCUT2D eigenvalue weighted by Crippen LogP contribution is 2.28. The topological polar surface area (TPSA) is 89.0 Å². The van der Waals surface area contributed by atoms with Gasteiger partial charge in [-0.2, -0.15) is 5.10 Å². The molecule has 0 saturated heterocycles. The number of methoxy groups -OCH3 is 2. The molecule has 0 radical (unpaired) electrons. The molecule has 0 unspecified atom stereocenters. The van der Waals surface area contributed by atoms with E-state index in [4.69, 9.17) is 9.47 Å². The van der Waals surface area contributed by atoms with E-state index in [1.807, 2.05) is 6.92 Å². The number of halogens is 1. The first kappa shape index (κ1) is 22.5. The molecule has 0 atom stereocenters. The molecule has 0 aliphatic heterocycles. The van der Waals surface area contributed by atoms with Gasteiger partial charge in [-0.05, 0) is 55.0 Å². The van der Waals surface area contributed by atoms with E-state index in [0.717, 1.165) is 5.56 Å². The maximum Gasteiger partial charge on any atom is 0.273 e. The Morgan fingerprint density at radius 3 is 2.31 bits per heavy atom. The minimum atomic E-state index is -0.505. The fourth-order valence-electron chi connectivity index (χ4n) is 2.90. The lowest BCUT2D eigenvalue weighted by Gasteiger charge is -2.13. The SMILES string of the molecule is COc1ccc(C(=O)Nc2ccc(C)cc2C(=O)NN=Cc2ccc(F)cc2)cc1OC. The summed E-state index contributed by atoms with van der Waals surface area (Å²) in [5.41, 5.74) is 4.79. The van der Waals surface area contributed by atoms with Crippen LogP contribution in [0.25, 0.3) is 0 Å². The van der Waals surface area contributed by atoms with Crippen LogP contribution in [0.3, 0.4) is 0 Å². The second-order valence-electron chi connectivity index (χ2n) is 6.82. The first-order chi connectivity index (χ1) is 15.4. The third kappa shape index (κ3) is 5.48. The van der Waals surface area contributed by atoms with Gasteiger partial charge in [-0.1, -0.05) is 23.8 Å². The first-order valence-corrected chi connectivity index (χ1v) is 9.64. The summed E-state index contributed by atoms with van der Waals surface area (Å²) in [5.74, 6) is -0.371. The Bertz CT molecular complexity index is 1160. The highest BCUT2D eigenvalue weighted by Gasteiger charge is 2.16. The van der Waals surface area contributed by atoms with Crippen LogP contribution >= 0.6 is 0 Å². The van der Waals surface area contributed by atoms with E-state index in [1.165, 1.54) is 44.7 Å². The standard InChI is InChI=1S/C24H22FN3O4/c1-15-4-10-20(27-23(29)17-7-11-21(31-2)22(13-17)32-3)19(12-15)24(30)28-26-14-16-5-8-18(25)9-6-16/h4-14H,1-3H3,(H,27,29)(H,28,30). The number of hydrogen-bond donors (Lipinski definition) is 2. The van der Waals surface area contributed by atoms with E-state index in [-0.39, 0.29) is 11.4 Å². The Balaban J connectivity index is 1.77. The quantitative estimate of drug-likeness (QED) is 0.431. The van der Waals surface area contributed by atoms with Crippen LogP contribution in [0.2, 0.25) is 0 Å². The van der Waals surface area contributed by atoms with Gasteiger partial charge in [-0.15, -0.1) is 0 Å². The number of amides is 2. The third-order valence-electron chi connectivity index (χ3n) is 4.56. The van der Waals surface area contributed by atoms with Gasteiger partial charge in [-0.25, -0.2) is 9.82 Å². The average Bonchev–Trinajstić information content (AvgIpc) is 2.80. The molecule has 32 heavy (non-hydrogen) atoms. The molecule has 8 heteroatoms. The van der Waals surface area contributed by atoms with Crippen molar-refractivity contribution in [3.8, 4) is 11.5 Å². The lowest BCUT2D eigenvalue weighted by atomic mass is 10.1. The number of nitrogens with zero attached hydrogens (tertiary/aromatic N) is 1. The van der Waals surface area contributed by atoms with Crippen molar-refractivity contribution in [2.45, 2.75) is 6.92 Å². The largest absolute Gasteiger partial charge is 0.493 e. The molecule has 2 amide bonds. The Morgan fingerprint density at radius 1 is 0.906 bits per heavy atom. The molecule has 0 heterocycles. The molecule has 0 bridgehead atoms. The fraction of sp³-hybridized carbons (Fsp3) is 0.125. The second-order valence-corrected chi connectivity index (χ2v) is 6.82. The van der Waals surface area contributed by atoms with Crippen molar-refractivity contribution in [3.63, 3.8) is 0 Å².